The second-order valence-corrected chi connectivity index (χ2v) is 5.91. The molecule has 1 aromatic rings. The van der Waals surface area contributed by atoms with Crippen molar-refractivity contribution < 1.29 is 5.11 Å². The lowest BCUT2D eigenvalue weighted by Gasteiger charge is -2.43. The van der Waals surface area contributed by atoms with Crippen molar-refractivity contribution in [3.8, 4) is 0 Å². The summed E-state index contributed by atoms with van der Waals surface area (Å²) < 4.78 is 0. The third-order valence-corrected chi connectivity index (χ3v) is 4.47. The van der Waals surface area contributed by atoms with Crippen molar-refractivity contribution in [1.29, 1.82) is 0 Å². The van der Waals surface area contributed by atoms with Crippen molar-refractivity contribution in [3.63, 3.8) is 0 Å². The van der Waals surface area contributed by atoms with Crippen molar-refractivity contribution in [2.45, 2.75) is 44.9 Å². The number of nitrogens with zero attached hydrogens (tertiary/aromatic N) is 3. The van der Waals surface area contributed by atoms with E-state index in [4.69, 9.17) is 0 Å². The second kappa shape index (κ2) is 5.10. The van der Waals surface area contributed by atoms with Crippen LogP contribution in [0.5, 0.6) is 0 Å². The molecule has 0 amide bonds. The Morgan fingerprint density at radius 3 is 2.89 bits per heavy atom. The molecule has 4 nitrogen and oxygen atoms in total. The maximum Gasteiger partial charge on any atom is 0.0931 e. The van der Waals surface area contributed by atoms with Gasteiger partial charge in [-0.15, -0.1) is 0 Å². The summed E-state index contributed by atoms with van der Waals surface area (Å²) in [4.78, 5) is 9.46. The summed E-state index contributed by atoms with van der Waals surface area (Å²) in [5.74, 6) is 0. The van der Waals surface area contributed by atoms with Crippen molar-refractivity contribution in [2.24, 2.45) is 0 Å². The monoisotopic (exact) mass is 261 g/mol. The Morgan fingerprint density at radius 2 is 2.21 bits per heavy atom. The Bertz CT molecular complexity index is 432. The first kappa shape index (κ1) is 12.9. The van der Waals surface area contributed by atoms with E-state index in [0.717, 1.165) is 18.8 Å². The molecule has 0 saturated carbocycles. The lowest BCUT2D eigenvalue weighted by atomic mass is 10.1. The largest absolute Gasteiger partial charge is 0.387 e. The van der Waals surface area contributed by atoms with Gasteiger partial charge in [0.2, 0.25) is 0 Å². The number of hydrogen-bond acceptors (Lipinski definition) is 4. The predicted octanol–water partition coefficient (Wildman–Crippen LogP) is 1.81. The van der Waals surface area contributed by atoms with Gasteiger partial charge in [0.25, 0.3) is 0 Å². The fourth-order valence-electron chi connectivity index (χ4n) is 3.36. The molecule has 2 aliphatic heterocycles. The van der Waals surface area contributed by atoms with E-state index in [-0.39, 0.29) is 0 Å². The number of rotatable bonds is 2. The lowest BCUT2D eigenvalue weighted by Crippen LogP contribution is -2.55. The smallest absolute Gasteiger partial charge is 0.0931 e. The lowest BCUT2D eigenvalue weighted by molar-refractivity contribution is 0.194. The molecule has 2 fully saturated rings. The van der Waals surface area contributed by atoms with Gasteiger partial charge in [-0.05, 0) is 45.4 Å². The average Bonchev–Trinajstić information content (AvgIpc) is 2.85. The topological polar surface area (TPSA) is 39.6 Å². The van der Waals surface area contributed by atoms with Gasteiger partial charge in [-0.25, -0.2) is 0 Å². The molecule has 0 aliphatic carbocycles. The van der Waals surface area contributed by atoms with E-state index in [1.807, 2.05) is 12.3 Å². The standard InChI is InChI=1S/C15H23N3O/c1-11-9-17-7-3-4-14(17)10-18(11)13-5-6-15(12(2)19)16-8-13/h5-6,8,11-12,14,19H,3-4,7,9-10H2,1-2H3/t11?,12-,14?/m0/s1. The molecule has 104 valence electrons. The van der Waals surface area contributed by atoms with E-state index in [0.29, 0.717) is 12.1 Å². The van der Waals surface area contributed by atoms with Crippen LogP contribution in [0.3, 0.4) is 0 Å². The van der Waals surface area contributed by atoms with Crippen LogP contribution in [-0.4, -0.2) is 46.7 Å². The van der Waals surface area contributed by atoms with Gasteiger partial charge in [0.15, 0.2) is 0 Å². The molecule has 1 N–H and O–H groups in total. The minimum Gasteiger partial charge on any atom is -0.387 e. The summed E-state index contributed by atoms with van der Waals surface area (Å²) in [7, 11) is 0. The third-order valence-electron chi connectivity index (χ3n) is 4.47. The highest BCUT2D eigenvalue weighted by molar-refractivity contribution is 5.47. The Kier molecular flexibility index (Phi) is 3.46. The van der Waals surface area contributed by atoms with E-state index in [1.54, 1.807) is 6.92 Å². The molecule has 2 unspecified atom stereocenters. The van der Waals surface area contributed by atoms with E-state index in [2.05, 4.69) is 27.8 Å². The molecular weight excluding hydrogens is 238 g/mol. The molecule has 2 saturated heterocycles. The molecule has 0 aromatic carbocycles. The first-order valence-corrected chi connectivity index (χ1v) is 7.30. The zero-order chi connectivity index (χ0) is 13.4. The molecule has 1 aromatic heterocycles. The van der Waals surface area contributed by atoms with Crippen LogP contribution in [0.2, 0.25) is 0 Å². The van der Waals surface area contributed by atoms with Gasteiger partial charge >= 0.3 is 0 Å². The predicted molar refractivity (Wildman–Crippen MR) is 76.3 cm³/mol. The summed E-state index contributed by atoms with van der Waals surface area (Å²) in [6.45, 7) is 7.57. The van der Waals surface area contributed by atoms with Gasteiger partial charge in [0.05, 0.1) is 23.7 Å². The Labute approximate surface area is 115 Å². The van der Waals surface area contributed by atoms with E-state index >= 15 is 0 Å². The van der Waals surface area contributed by atoms with Crippen LogP contribution < -0.4 is 4.90 Å². The van der Waals surface area contributed by atoms with Crippen LogP contribution >= 0.6 is 0 Å². The highest BCUT2D eigenvalue weighted by Gasteiger charge is 2.34. The molecule has 19 heavy (non-hydrogen) atoms. The fraction of sp³-hybridized carbons (Fsp3) is 0.667. The molecule has 3 atom stereocenters. The minimum absolute atomic E-state index is 0.488. The molecular formula is C15H23N3O. The number of aromatic nitrogens is 1. The van der Waals surface area contributed by atoms with Crippen LogP contribution in [0.1, 0.15) is 38.5 Å². The summed E-state index contributed by atoms with van der Waals surface area (Å²) >= 11 is 0. The zero-order valence-corrected chi connectivity index (χ0v) is 11.8. The van der Waals surface area contributed by atoms with Gasteiger partial charge < -0.3 is 10.0 Å². The number of anilines is 1. The molecule has 2 aliphatic rings. The Hall–Kier alpha value is -1.13. The summed E-state index contributed by atoms with van der Waals surface area (Å²) in [6.07, 6.45) is 4.08. The number of hydrogen-bond donors (Lipinski definition) is 1. The molecule has 3 heterocycles. The summed E-state index contributed by atoms with van der Waals surface area (Å²) in [5, 5.41) is 9.52. The van der Waals surface area contributed by atoms with Crippen LogP contribution in [0.4, 0.5) is 5.69 Å². The van der Waals surface area contributed by atoms with Crippen LogP contribution in [-0.2, 0) is 0 Å². The number of fused-ring (bicyclic) bond motifs is 1. The van der Waals surface area contributed by atoms with Crippen molar-refractivity contribution >= 4 is 5.69 Å². The van der Waals surface area contributed by atoms with E-state index in [1.165, 1.54) is 25.1 Å². The minimum atomic E-state index is -0.488. The average molecular weight is 261 g/mol. The van der Waals surface area contributed by atoms with Gasteiger partial charge in [0, 0.05) is 25.2 Å². The molecule has 3 rings (SSSR count). The number of piperazine rings is 1. The van der Waals surface area contributed by atoms with E-state index in [9.17, 15) is 5.11 Å². The highest BCUT2D eigenvalue weighted by Crippen LogP contribution is 2.28. The van der Waals surface area contributed by atoms with E-state index < -0.39 is 6.10 Å². The zero-order valence-electron chi connectivity index (χ0n) is 11.8. The first-order valence-electron chi connectivity index (χ1n) is 7.30. The highest BCUT2D eigenvalue weighted by atomic mass is 16.3. The SMILES string of the molecule is CC1CN2CCCC2CN1c1ccc([C@H](C)O)nc1. The summed E-state index contributed by atoms with van der Waals surface area (Å²) in [6, 6.07) is 5.28. The maximum atomic E-state index is 9.52. The van der Waals surface area contributed by atoms with Crippen LogP contribution in [0.15, 0.2) is 18.3 Å². The van der Waals surface area contributed by atoms with Crippen molar-refractivity contribution in [1.82, 2.24) is 9.88 Å². The summed E-state index contributed by atoms with van der Waals surface area (Å²) in [5.41, 5.74) is 1.93. The van der Waals surface area contributed by atoms with Crippen LogP contribution in [0.25, 0.3) is 0 Å². The van der Waals surface area contributed by atoms with Gasteiger partial charge in [-0.2, -0.15) is 0 Å². The number of aliphatic hydroxyl groups excluding tert-OH is 1. The number of aliphatic hydroxyl groups is 1. The van der Waals surface area contributed by atoms with Crippen molar-refractivity contribution in [2.75, 3.05) is 24.5 Å². The molecule has 0 radical (unpaired) electrons. The van der Waals surface area contributed by atoms with Crippen molar-refractivity contribution in [3.05, 3.63) is 24.0 Å². The molecule has 0 bridgehead atoms. The van der Waals surface area contributed by atoms with Crippen LogP contribution in [0, 0.1) is 0 Å². The number of pyridine rings is 1. The Morgan fingerprint density at radius 1 is 1.37 bits per heavy atom. The van der Waals surface area contributed by atoms with Gasteiger partial charge in [-0.1, -0.05) is 0 Å². The van der Waals surface area contributed by atoms with Gasteiger partial charge in [0.1, 0.15) is 0 Å². The molecule has 4 heteroatoms. The maximum absolute atomic E-state index is 9.52. The normalized spacial score (nSPS) is 29.3. The van der Waals surface area contributed by atoms with Gasteiger partial charge in [-0.3, -0.25) is 9.88 Å². The molecule has 0 spiro atoms. The third kappa shape index (κ3) is 2.47. The Balaban J connectivity index is 1.77. The fourth-order valence-corrected chi connectivity index (χ4v) is 3.36. The first-order chi connectivity index (χ1) is 9.15. The second-order valence-electron chi connectivity index (χ2n) is 5.91. The quantitative estimate of drug-likeness (QED) is 0.881.